The van der Waals surface area contributed by atoms with E-state index in [2.05, 4.69) is 41.8 Å². The van der Waals surface area contributed by atoms with E-state index in [-0.39, 0.29) is 22.5 Å². The summed E-state index contributed by atoms with van der Waals surface area (Å²) < 4.78 is 23.1. The lowest BCUT2D eigenvalue weighted by Crippen LogP contribution is -2.29. The van der Waals surface area contributed by atoms with Gasteiger partial charge in [0.1, 0.15) is 0 Å². The molecule has 0 radical (unpaired) electrons. The van der Waals surface area contributed by atoms with E-state index in [0.717, 1.165) is 11.3 Å². The number of hydrogen-bond acceptors (Lipinski definition) is 5. The number of amides is 1. The van der Waals surface area contributed by atoms with Gasteiger partial charge in [-0.1, -0.05) is 60.4 Å². The first kappa shape index (κ1) is 18.4. The van der Waals surface area contributed by atoms with Crippen LogP contribution in [0.3, 0.4) is 0 Å². The van der Waals surface area contributed by atoms with Crippen molar-refractivity contribution in [3.63, 3.8) is 0 Å². The highest BCUT2D eigenvalue weighted by Gasteiger charge is 2.44. The quantitative estimate of drug-likeness (QED) is 0.812. The number of allylic oxidation sites excluding steroid dienone is 8. The lowest BCUT2D eigenvalue weighted by atomic mass is 9.82. The predicted molar refractivity (Wildman–Crippen MR) is 115 cm³/mol. The zero-order valence-electron chi connectivity index (χ0n) is 15.6. The number of fused-ring (bicyclic) bond motifs is 2. The summed E-state index contributed by atoms with van der Waals surface area (Å²) in [5, 5.41) is 3.68. The predicted octanol–water partition coefficient (Wildman–Crippen LogP) is 3.10. The van der Waals surface area contributed by atoms with E-state index in [0.29, 0.717) is 11.1 Å². The second kappa shape index (κ2) is 6.71. The molecule has 1 aromatic rings. The Hall–Kier alpha value is -2.64. The molecule has 1 aliphatic heterocycles. The Kier molecular flexibility index (Phi) is 4.26. The van der Waals surface area contributed by atoms with Gasteiger partial charge in [0.15, 0.2) is 15.0 Å². The van der Waals surface area contributed by atoms with Gasteiger partial charge >= 0.3 is 0 Å². The normalized spacial score (nSPS) is 24.0. The molecule has 0 saturated carbocycles. The van der Waals surface area contributed by atoms with Gasteiger partial charge in [-0.2, -0.15) is 0 Å². The molecule has 3 aliphatic carbocycles. The van der Waals surface area contributed by atoms with Crippen molar-refractivity contribution < 1.29 is 13.2 Å². The monoisotopic (exact) mass is 422 g/mol. The number of nitrogens with one attached hydrogen (secondary N) is 1. The number of thioether (sulfide) groups is 1. The van der Waals surface area contributed by atoms with Crippen LogP contribution < -0.4 is 5.32 Å². The molecule has 1 aromatic carbocycles. The second-order valence-electron chi connectivity index (χ2n) is 7.38. The van der Waals surface area contributed by atoms with Gasteiger partial charge < -0.3 is 5.32 Å². The van der Waals surface area contributed by atoms with Crippen LogP contribution >= 0.6 is 11.8 Å². The number of rotatable bonds is 3. The summed E-state index contributed by atoms with van der Waals surface area (Å²) in [7, 11) is -3.24. The topological polar surface area (TPSA) is 75.6 Å². The number of benzene rings is 1. The average molecular weight is 423 g/mol. The van der Waals surface area contributed by atoms with Crippen molar-refractivity contribution in [2.24, 2.45) is 10.9 Å². The van der Waals surface area contributed by atoms with Crippen LogP contribution in [0.15, 0.2) is 93.0 Å². The van der Waals surface area contributed by atoms with Crippen LogP contribution in [-0.4, -0.2) is 31.0 Å². The standard InChI is InChI=1S/C22H18N2O3S2/c1-29(26,27)15-10-8-13(9-11-15)12-18(25)23-22-24-20-16-6-2-4-14-5-3-7-17(19(14)16)21(20)28-22/h2-11,19,21H,12H2,1H3,(H,23,24,25). The molecular weight excluding hydrogens is 404 g/mol. The summed E-state index contributed by atoms with van der Waals surface area (Å²) >= 11 is 1.58. The molecule has 1 heterocycles. The van der Waals surface area contributed by atoms with Crippen LogP contribution in [0.1, 0.15) is 5.56 Å². The molecule has 5 nitrogen and oxygen atoms in total. The minimum Gasteiger partial charge on any atom is -0.305 e. The van der Waals surface area contributed by atoms with Crippen LogP contribution in [0.25, 0.3) is 0 Å². The largest absolute Gasteiger partial charge is 0.305 e. The van der Waals surface area contributed by atoms with E-state index in [4.69, 9.17) is 4.99 Å². The smallest absolute Gasteiger partial charge is 0.230 e. The highest BCUT2D eigenvalue weighted by atomic mass is 32.2. The molecule has 2 unspecified atom stereocenters. The fourth-order valence-electron chi connectivity index (χ4n) is 4.06. The van der Waals surface area contributed by atoms with Crippen molar-refractivity contribution in [3.05, 3.63) is 88.7 Å². The van der Waals surface area contributed by atoms with Crippen molar-refractivity contribution in [3.8, 4) is 0 Å². The number of sulfone groups is 1. The summed E-state index contributed by atoms with van der Waals surface area (Å²) in [6.07, 6.45) is 14.0. The summed E-state index contributed by atoms with van der Waals surface area (Å²) in [5.74, 6) is 0.134. The fraction of sp³-hybridized carbons (Fsp3) is 0.182. The molecule has 4 aliphatic rings. The van der Waals surface area contributed by atoms with E-state index >= 15 is 0 Å². The summed E-state index contributed by atoms with van der Waals surface area (Å²) in [6.45, 7) is 0. The number of nitrogens with zero attached hydrogens (tertiary/aromatic N) is 1. The highest BCUT2D eigenvalue weighted by molar-refractivity contribution is 8.15. The molecule has 2 atom stereocenters. The summed E-state index contributed by atoms with van der Waals surface area (Å²) in [5.41, 5.74) is 5.62. The van der Waals surface area contributed by atoms with Gasteiger partial charge in [0.25, 0.3) is 0 Å². The SMILES string of the molecule is CS(=O)(=O)c1ccc(CC(=O)NC2=NC3=C4C=CC=C5C=CC=C(C3S2)C54)cc1. The van der Waals surface area contributed by atoms with Crippen molar-refractivity contribution in [1.29, 1.82) is 0 Å². The Labute approximate surface area is 173 Å². The zero-order valence-corrected chi connectivity index (χ0v) is 17.3. The highest BCUT2D eigenvalue weighted by Crippen LogP contribution is 2.53. The molecule has 29 heavy (non-hydrogen) atoms. The van der Waals surface area contributed by atoms with E-state index in [1.165, 1.54) is 35.1 Å². The first-order valence-electron chi connectivity index (χ1n) is 9.25. The van der Waals surface area contributed by atoms with Crippen LogP contribution in [0.2, 0.25) is 0 Å². The van der Waals surface area contributed by atoms with E-state index < -0.39 is 9.84 Å². The van der Waals surface area contributed by atoms with Crippen molar-refractivity contribution >= 4 is 32.7 Å². The lowest BCUT2D eigenvalue weighted by Gasteiger charge is -2.23. The lowest BCUT2D eigenvalue weighted by molar-refractivity contribution is -0.119. The average Bonchev–Trinajstić information content (AvgIpc) is 3.21. The molecule has 0 saturated heterocycles. The third kappa shape index (κ3) is 3.24. The maximum Gasteiger partial charge on any atom is 0.230 e. The number of aliphatic imine (C=N–C) groups is 1. The van der Waals surface area contributed by atoms with Gasteiger partial charge in [-0.15, -0.1) is 0 Å². The Morgan fingerprint density at radius 3 is 2.66 bits per heavy atom. The van der Waals surface area contributed by atoms with Crippen molar-refractivity contribution in [2.75, 3.05) is 6.26 Å². The Morgan fingerprint density at radius 2 is 1.90 bits per heavy atom. The maximum absolute atomic E-state index is 12.5. The molecule has 1 amide bonds. The number of carbonyl (C=O) groups is 1. The molecule has 1 N–H and O–H groups in total. The van der Waals surface area contributed by atoms with Gasteiger partial charge in [-0.25, -0.2) is 13.4 Å². The van der Waals surface area contributed by atoms with Gasteiger partial charge in [0.05, 0.1) is 22.3 Å². The number of carbonyl (C=O) groups excluding carboxylic acids is 1. The number of hydrogen-bond donors (Lipinski definition) is 1. The maximum atomic E-state index is 12.5. The summed E-state index contributed by atoms with van der Waals surface area (Å²) in [4.78, 5) is 17.4. The zero-order chi connectivity index (χ0) is 20.2. The van der Waals surface area contributed by atoms with Crippen LogP contribution in [0, 0.1) is 5.92 Å². The molecule has 0 aromatic heterocycles. The fourth-order valence-corrected chi connectivity index (χ4v) is 5.89. The molecule has 0 spiro atoms. The number of amidine groups is 1. The molecular formula is C22H18N2O3S2. The molecule has 0 bridgehead atoms. The van der Waals surface area contributed by atoms with E-state index in [9.17, 15) is 13.2 Å². The first-order chi connectivity index (χ1) is 13.9. The second-order valence-corrected chi connectivity index (χ2v) is 10.5. The van der Waals surface area contributed by atoms with Crippen molar-refractivity contribution in [2.45, 2.75) is 16.6 Å². The van der Waals surface area contributed by atoms with Gasteiger partial charge in [-0.05, 0) is 34.4 Å². The minimum absolute atomic E-state index is 0.149. The van der Waals surface area contributed by atoms with Crippen LogP contribution in [0.4, 0.5) is 0 Å². The third-order valence-corrected chi connectivity index (χ3v) is 7.66. The Balaban J connectivity index is 1.31. The molecule has 7 heteroatoms. The third-order valence-electron chi connectivity index (χ3n) is 5.38. The molecule has 5 rings (SSSR count). The molecule has 146 valence electrons. The van der Waals surface area contributed by atoms with E-state index in [1.54, 1.807) is 23.9 Å². The van der Waals surface area contributed by atoms with Crippen molar-refractivity contribution in [1.82, 2.24) is 5.32 Å². The van der Waals surface area contributed by atoms with E-state index in [1.807, 2.05) is 0 Å². The van der Waals surface area contributed by atoms with Crippen LogP contribution in [0.5, 0.6) is 0 Å². The Morgan fingerprint density at radius 1 is 1.14 bits per heavy atom. The Bertz CT molecular complexity index is 1210. The van der Waals surface area contributed by atoms with Gasteiger partial charge in [-0.3, -0.25) is 4.79 Å². The first-order valence-corrected chi connectivity index (χ1v) is 12.0. The van der Waals surface area contributed by atoms with Gasteiger partial charge in [0.2, 0.25) is 5.91 Å². The van der Waals surface area contributed by atoms with Gasteiger partial charge in [0, 0.05) is 12.2 Å². The minimum atomic E-state index is -3.24. The molecule has 0 fully saturated rings. The van der Waals surface area contributed by atoms with Crippen LogP contribution in [-0.2, 0) is 21.1 Å². The summed E-state index contributed by atoms with van der Waals surface area (Å²) in [6, 6.07) is 6.40.